The lowest BCUT2D eigenvalue weighted by Crippen LogP contribution is -2.22. The van der Waals surface area contributed by atoms with Crippen molar-refractivity contribution in [1.82, 2.24) is 24.7 Å². The molecule has 0 saturated heterocycles. The Bertz CT molecular complexity index is 1350. The molecule has 2 aromatic heterocycles. The number of benzene rings is 2. The van der Waals surface area contributed by atoms with Gasteiger partial charge in [0.05, 0.1) is 12.3 Å². The Balaban J connectivity index is 1.42. The number of ether oxygens (including phenoxy) is 1. The zero-order chi connectivity index (χ0) is 23.8. The number of aromatic nitrogens is 5. The fourth-order valence-electron chi connectivity index (χ4n) is 5.05. The van der Waals surface area contributed by atoms with Crippen LogP contribution in [0.15, 0.2) is 54.9 Å². The summed E-state index contributed by atoms with van der Waals surface area (Å²) < 4.78 is 7.97. The molecule has 0 amide bonds. The molecule has 0 saturated carbocycles. The van der Waals surface area contributed by atoms with Crippen molar-refractivity contribution in [3.05, 3.63) is 77.5 Å². The van der Waals surface area contributed by atoms with Crippen LogP contribution in [0.1, 0.15) is 47.8 Å². The summed E-state index contributed by atoms with van der Waals surface area (Å²) in [5.41, 5.74) is 5.46. The highest BCUT2D eigenvalue weighted by molar-refractivity contribution is 5.64. The van der Waals surface area contributed by atoms with E-state index in [2.05, 4.69) is 57.7 Å². The molecule has 0 spiro atoms. The summed E-state index contributed by atoms with van der Waals surface area (Å²) in [4.78, 5) is 16.6. The third kappa shape index (κ3) is 4.20. The van der Waals surface area contributed by atoms with Crippen LogP contribution in [-0.4, -0.2) is 44.9 Å². The van der Waals surface area contributed by atoms with Crippen molar-refractivity contribution >= 4 is 17.5 Å². The summed E-state index contributed by atoms with van der Waals surface area (Å²) in [6.07, 6.45) is 5.73. The van der Waals surface area contributed by atoms with Gasteiger partial charge in [-0.15, -0.1) is 0 Å². The maximum absolute atomic E-state index is 6.22. The zero-order valence-corrected chi connectivity index (χ0v) is 20.1. The molecule has 1 unspecified atom stereocenters. The van der Waals surface area contributed by atoms with Gasteiger partial charge in [0.2, 0.25) is 5.95 Å². The van der Waals surface area contributed by atoms with Gasteiger partial charge >= 0.3 is 0 Å². The van der Waals surface area contributed by atoms with Crippen molar-refractivity contribution in [2.24, 2.45) is 0 Å². The van der Waals surface area contributed by atoms with Crippen LogP contribution in [0.5, 0.6) is 5.75 Å². The predicted octanol–water partition coefficient (Wildman–Crippen LogP) is 4.80. The lowest BCUT2D eigenvalue weighted by molar-refractivity contribution is 0.306. The van der Waals surface area contributed by atoms with E-state index in [-0.39, 0.29) is 5.92 Å². The largest absolute Gasteiger partial charge is 0.491 e. The molecule has 2 aromatic carbocycles. The van der Waals surface area contributed by atoms with E-state index in [1.165, 1.54) is 11.1 Å². The monoisotopic (exact) mass is 467 g/mol. The SMILES string of the molecule is Cc1ncn(-c2ccc3cc2OCCCCN(C)c2nc(nc4c2CCC4c2ccccc2)N3)n1. The van der Waals surface area contributed by atoms with E-state index in [1.54, 1.807) is 11.0 Å². The van der Waals surface area contributed by atoms with Gasteiger partial charge in [-0.1, -0.05) is 30.3 Å². The number of rotatable bonds is 2. The van der Waals surface area contributed by atoms with Gasteiger partial charge in [0, 0.05) is 36.8 Å². The van der Waals surface area contributed by atoms with E-state index in [4.69, 9.17) is 14.7 Å². The molecule has 3 heterocycles. The van der Waals surface area contributed by atoms with Crippen LogP contribution in [0.3, 0.4) is 0 Å². The molecule has 35 heavy (non-hydrogen) atoms. The summed E-state index contributed by atoms with van der Waals surface area (Å²) in [6.45, 7) is 3.43. The maximum Gasteiger partial charge on any atom is 0.229 e. The fourth-order valence-corrected chi connectivity index (χ4v) is 5.05. The molecule has 1 aliphatic carbocycles. The Morgan fingerprint density at radius 3 is 2.77 bits per heavy atom. The summed E-state index contributed by atoms with van der Waals surface area (Å²) in [5.74, 6) is 3.42. The third-order valence-electron chi connectivity index (χ3n) is 6.81. The first-order chi connectivity index (χ1) is 17.2. The second-order valence-electron chi connectivity index (χ2n) is 9.26. The van der Waals surface area contributed by atoms with Crippen molar-refractivity contribution in [3.8, 4) is 11.4 Å². The molecular weight excluding hydrogens is 438 g/mol. The zero-order valence-electron chi connectivity index (χ0n) is 20.1. The smallest absolute Gasteiger partial charge is 0.229 e. The number of hydrogen-bond donors (Lipinski definition) is 1. The lowest BCUT2D eigenvalue weighted by Gasteiger charge is -2.22. The minimum absolute atomic E-state index is 0.286. The van der Waals surface area contributed by atoms with E-state index in [9.17, 15) is 0 Å². The van der Waals surface area contributed by atoms with Crippen LogP contribution < -0.4 is 15.0 Å². The first-order valence-electron chi connectivity index (χ1n) is 12.2. The predicted molar refractivity (Wildman–Crippen MR) is 136 cm³/mol. The third-order valence-corrected chi connectivity index (χ3v) is 6.81. The van der Waals surface area contributed by atoms with E-state index >= 15 is 0 Å². The van der Waals surface area contributed by atoms with Crippen molar-refractivity contribution < 1.29 is 4.74 Å². The summed E-state index contributed by atoms with van der Waals surface area (Å²) in [6, 6.07) is 16.7. The van der Waals surface area contributed by atoms with Gasteiger partial charge in [-0.3, -0.25) is 0 Å². The molecule has 6 rings (SSSR count). The maximum atomic E-state index is 6.22. The van der Waals surface area contributed by atoms with Crippen molar-refractivity contribution in [1.29, 1.82) is 0 Å². The molecule has 4 aromatic rings. The molecule has 1 aliphatic heterocycles. The Morgan fingerprint density at radius 1 is 1.06 bits per heavy atom. The summed E-state index contributed by atoms with van der Waals surface area (Å²) in [5, 5.41) is 7.92. The molecule has 2 aliphatic rings. The average molecular weight is 468 g/mol. The number of hydrogen-bond acceptors (Lipinski definition) is 7. The van der Waals surface area contributed by atoms with Crippen LogP contribution >= 0.6 is 0 Å². The van der Waals surface area contributed by atoms with Crippen LogP contribution in [0.4, 0.5) is 17.5 Å². The summed E-state index contributed by atoms with van der Waals surface area (Å²) >= 11 is 0. The number of fused-ring (bicyclic) bond motifs is 6. The molecule has 1 atom stereocenters. The second kappa shape index (κ2) is 9.02. The van der Waals surface area contributed by atoms with Gasteiger partial charge in [0.1, 0.15) is 29.4 Å². The lowest BCUT2D eigenvalue weighted by atomic mass is 9.97. The fraction of sp³-hybridized carbons (Fsp3) is 0.333. The molecular formula is C27H29N7O. The van der Waals surface area contributed by atoms with Gasteiger partial charge in [-0.25, -0.2) is 14.6 Å². The van der Waals surface area contributed by atoms with Gasteiger partial charge in [-0.05, 0) is 50.3 Å². The Kier molecular flexibility index (Phi) is 5.56. The molecule has 178 valence electrons. The minimum Gasteiger partial charge on any atom is -0.491 e. The Labute approximate surface area is 205 Å². The van der Waals surface area contributed by atoms with Crippen LogP contribution in [0.2, 0.25) is 0 Å². The highest BCUT2D eigenvalue weighted by Crippen LogP contribution is 2.41. The van der Waals surface area contributed by atoms with Gasteiger partial charge in [0.15, 0.2) is 0 Å². The quantitative estimate of drug-likeness (QED) is 0.454. The Morgan fingerprint density at radius 2 is 1.94 bits per heavy atom. The molecule has 1 N–H and O–H groups in total. The molecule has 4 bridgehead atoms. The van der Waals surface area contributed by atoms with Crippen molar-refractivity contribution in [2.45, 2.75) is 38.5 Å². The molecule has 0 fully saturated rings. The first kappa shape index (κ1) is 21.6. The van der Waals surface area contributed by atoms with E-state index in [1.807, 2.05) is 25.1 Å². The van der Waals surface area contributed by atoms with Crippen LogP contribution in [-0.2, 0) is 6.42 Å². The highest BCUT2D eigenvalue weighted by Gasteiger charge is 2.30. The normalized spacial score (nSPS) is 17.4. The minimum atomic E-state index is 0.286. The van der Waals surface area contributed by atoms with Gasteiger partial charge < -0.3 is 15.0 Å². The number of aryl methyl sites for hydroxylation is 1. The van der Waals surface area contributed by atoms with E-state index < -0.39 is 0 Å². The van der Waals surface area contributed by atoms with Crippen molar-refractivity contribution in [2.75, 3.05) is 30.4 Å². The molecule has 0 radical (unpaired) electrons. The first-order valence-corrected chi connectivity index (χ1v) is 12.2. The highest BCUT2D eigenvalue weighted by atomic mass is 16.5. The molecule has 8 heteroatoms. The van der Waals surface area contributed by atoms with E-state index in [0.29, 0.717) is 12.6 Å². The van der Waals surface area contributed by atoms with Gasteiger partial charge in [-0.2, -0.15) is 10.1 Å². The average Bonchev–Trinajstić information content (AvgIpc) is 3.50. The number of anilines is 3. The van der Waals surface area contributed by atoms with Crippen LogP contribution in [0, 0.1) is 6.92 Å². The summed E-state index contributed by atoms with van der Waals surface area (Å²) in [7, 11) is 2.13. The second-order valence-corrected chi connectivity index (χ2v) is 9.26. The standard InChI is InChI=1S/C27H29N7O/c1-18-28-17-34(32-18)23-13-10-20-16-24(23)35-15-7-6-14-33(2)26-22-12-11-21(19-8-4-3-5-9-19)25(22)30-27(29-20)31-26/h3-5,8-10,13,16-17,21H,6-7,11-12,14-15H2,1-2H3,(H,29,30,31). The van der Waals surface area contributed by atoms with E-state index in [0.717, 1.165) is 66.7 Å². The number of nitrogens with zero attached hydrogens (tertiary/aromatic N) is 6. The van der Waals surface area contributed by atoms with Crippen LogP contribution in [0.25, 0.3) is 5.69 Å². The molecule has 8 nitrogen and oxygen atoms in total. The van der Waals surface area contributed by atoms with Gasteiger partial charge in [0.25, 0.3) is 0 Å². The number of nitrogens with one attached hydrogen (secondary N) is 1. The topological polar surface area (TPSA) is 81.0 Å². The van der Waals surface area contributed by atoms with Crippen molar-refractivity contribution in [3.63, 3.8) is 0 Å². The Hall–Kier alpha value is -3.94.